The normalized spacial score (nSPS) is 22.4. The summed E-state index contributed by atoms with van der Waals surface area (Å²) in [6.07, 6.45) is 7.12. The topological polar surface area (TPSA) is 110 Å². The molecule has 1 saturated carbocycles. The molecular formula is C30H46NO7P. The van der Waals surface area contributed by atoms with E-state index in [1.165, 1.54) is 16.9 Å². The molecule has 2 aliphatic rings. The van der Waals surface area contributed by atoms with Crippen molar-refractivity contribution in [3.8, 4) is 0 Å². The molecule has 0 radical (unpaired) electrons. The van der Waals surface area contributed by atoms with Gasteiger partial charge in [-0.2, -0.15) is 0 Å². The molecule has 3 rings (SSSR count). The van der Waals surface area contributed by atoms with Gasteiger partial charge in [-0.15, -0.1) is 0 Å². The highest BCUT2D eigenvalue weighted by atomic mass is 31.2. The minimum atomic E-state index is -3.60. The molecule has 0 aromatic heterocycles. The fourth-order valence-corrected chi connectivity index (χ4v) is 8.10. The van der Waals surface area contributed by atoms with E-state index < -0.39 is 37.5 Å². The molecule has 2 fully saturated rings. The molecule has 1 aliphatic heterocycles. The Labute approximate surface area is 233 Å². The number of amides is 1. The van der Waals surface area contributed by atoms with E-state index in [9.17, 15) is 24.1 Å². The average molecular weight is 564 g/mol. The van der Waals surface area contributed by atoms with Gasteiger partial charge in [0, 0.05) is 25.0 Å². The Morgan fingerprint density at radius 2 is 1.74 bits per heavy atom. The fourth-order valence-electron chi connectivity index (χ4n) is 5.80. The summed E-state index contributed by atoms with van der Waals surface area (Å²) in [5.41, 5.74) is 1.18. The summed E-state index contributed by atoms with van der Waals surface area (Å²) in [7, 11) is -3.60. The Hall–Kier alpha value is -2.18. The first-order valence-electron chi connectivity index (χ1n) is 14.6. The summed E-state index contributed by atoms with van der Waals surface area (Å²) >= 11 is 0. The second-order valence-electron chi connectivity index (χ2n) is 11.5. The minimum absolute atomic E-state index is 0.149. The van der Waals surface area contributed by atoms with Crippen molar-refractivity contribution in [1.29, 1.82) is 0 Å². The molecule has 4 atom stereocenters. The third kappa shape index (κ3) is 9.46. The molecule has 1 amide bonds. The summed E-state index contributed by atoms with van der Waals surface area (Å²) in [6.45, 7) is 5.68. The Morgan fingerprint density at radius 1 is 1.05 bits per heavy atom. The number of carboxylic acids is 1. The van der Waals surface area contributed by atoms with Crippen molar-refractivity contribution in [3.63, 3.8) is 0 Å². The maximum Gasteiger partial charge on any atom is 0.326 e. The van der Waals surface area contributed by atoms with Gasteiger partial charge in [0.25, 0.3) is 0 Å². The van der Waals surface area contributed by atoms with Gasteiger partial charge in [0.1, 0.15) is 12.2 Å². The van der Waals surface area contributed by atoms with Gasteiger partial charge in [-0.25, -0.2) is 4.79 Å². The second-order valence-corrected chi connectivity index (χ2v) is 14.1. The van der Waals surface area contributed by atoms with Crippen LogP contribution in [-0.4, -0.2) is 59.1 Å². The van der Waals surface area contributed by atoms with Crippen LogP contribution in [0.15, 0.2) is 30.3 Å². The maximum atomic E-state index is 14.2. The van der Waals surface area contributed by atoms with Gasteiger partial charge in [0.2, 0.25) is 19.6 Å². The van der Waals surface area contributed by atoms with Crippen LogP contribution in [0.25, 0.3) is 0 Å². The number of benzene rings is 1. The van der Waals surface area contributed by atoms with Crippen molar-refractivity contribution in [2.45, 2.75) is 97.3 Å². The quantitative estimate of drug-likeness (QED) is 0.126. The summed E-state index contributed by atoms with van der Waals surface area (Å²) in [4.78, 5) is 39.2. The van der Waals surface area contributed by atoms with Crippen LogP contribution >= 0.6 is 7.37 Å². The summed E-state index contributed by atoms with van der Waals surface area (Å²) in [5.74, 6) is -1.61. The standard InChI is InChI=1S/C30H46NO7P/c1-4-28(33)37-30(22(2)3)38-39(36,18-12-11-15-23-13-7-5-8-14-23)21-27(32)31-20-25(19-26(31)29(34)35)24-16-9-6-10-17-24/h5,7-8,13-14,22,24-26,30H,4,6,9-12,15-21H2,1-3H3,(H,34,35)/t25-,26+,30-,39+/m1/s1. The molecule has 1 heterocycles. The molecule has 0 bridgehead atoms. The third-order valence-corrected chi connectivity index (χ3v) is 10.4. The van der Waals surface area contributed by atoms with Crippen molar-refractivity contribution < 1.29 is 33.3 Å². The van der Waals surface area contributed by atoms with Crippen LogP contribution < -0.4 is 0 Å². The van der Waals surface area contributed by atoms with Gasteiger partial charge < -0.3 is 14.7 Å². The molecular weight excluding hydrogens is 517 g/mol. The van der Waals surface area contributed by atoms with E-state index in [0.717, 1.165) is 38.5 Å². The molecule has 0 unspecified atom stereocenters. The first-order chi connectivity index (χ1) is 18.6. The average Bonchev–Trinajstić information content (AvgIpc) is 3.38. The molecule has 1 saturated heterocycles. The van der Waals surface area contributed by atoms with E-state index in [0.29, 0.717) is 25.3 Å². The second kappa shape index (κ2) is 15.0. The number of hydrogen-bond acceptors (Lipinski definition) is 6. The maximum absolute atomic E-state index is 14.2. The highest BCUT2D eigenvalue weighted by molar-refractivity contribution is 7.59. The molecule has 1 N–H and O–H groups in total. The first-order valence-corrected chi connectivity index (χ1v) is 16.6. The first kappa shape index (κ1) is 31.3. The molecule has 1 aromatic carbocycles. The zero-order valence-electron chi connectivity index (χ0n) is 23.8. The molecule has 9 heteroatoms. The van der Waals surface area contributed by atoms with Gasteiger partial charge in [-0.1, -0.05) is 83.2 Å². The van der Waals surface area contributed by atoms with Crippen LogP contribution in [0.3, 0.4) is 0 Å². The number of carbonyl (C=O) groups is 3. The predicted octanol–water partition coefficient (Wildman–Crippen LogP) is 6.12. The van der Waals surface area contributed by atoms with Crippen LogP contribution in [0.1, 0.15) is 84.1 Å². The molecule has 218 valence electrons. The van der Waals surface area contributed by atoms with E-state index in [1.54, 1.807) is 6.92 Å². The van der Waals surface area contributed by atoms with Crippen LogP contribution in [0.2, 0.25) is 0 Å². The molecule has 1 aliphatic carbocycles. The highest BCUT2D eigenvalue weighted by Crippen LogP contribution is 2.51. The van der Waals surface area contributed by atoms with Gasteiger partial charge >= 0.3 is 11.9 Å². The Morgan fingerprint density at radius 3 is 2.36 bits per heavy atom. The van der Waals surface area contributed by atoms with E-state index >= 15 is 0 Å². The van der Waals surface area contributed by atoms with Gasteiger partial charge in [0.15, 0.2) is 0 Å². The number of rotatable bonds is 14. The van der Waals surface area contributed by atoms with Gasteiger partial charge in [-0.3, -0.25) is 18.7 Å². The molecule has 1 aromatic rings. The fraction of sp³-hybridized carbons (Fsp3) is 0.700. The minimum Gasteiger partial charge on any atom is -0.480 e. The van der Waals surface area contributed by atoms with Crippen molar-refractivity contribution >= 4 is 25.2 Å². The largest absolute Gasteiger partial charge is 0.480 e. The molecule has 0 spiro atoms. The summed E-state index contributed by atoms with van der Waals surface area (Å²) in [6, 6.07) is 9.10. The number of unbranched alkanes of at least 4 members (excludes halogenated alkanes) is 1. The zero-order chi connectivity index (χ0) is 28.4. The molecule has 8 nitrogen and oxygen atoms in total. The number of nitrogens with zero attached hydrogens (tertiary/aromatic N) is 1. The van der Waals surface area contributed by atoms with Crippen molar-refractivity contribution in [3.05, 3.63) is 35.9 Å². The third-order valence-electron chi connectivity index (χ3n) is 8.07. The van der Waals surface area contributed by atoms with Crippen molar-refractivity contribution in [1.82, 2.24) is 4.90 Å². The lowest BCUT2D eigenvalue weighted by atomic mass is 9.79. The van der Waals surface area contributed by atoms with Crippen molar-refractivity contribution in [2.75, 3.05) is 18.9 Å². The van der Waals surface area contributed by atoms with E-state index in [2.05, 4.69) is 0 Å². The van der Waals surface area contributed by atoms with Gasteiger partial charge in [-0.05, 0) is 43.1 Å². The van der Waals surface area contributed by atoms with Gasteiger partial charge in [0.05, 0.1) is 0 Å². The smallest absolute Gasteiger partial charge is 0.326 e. The lowest BCUT2D eigenvalue weighted by molar-refractivity contribution is -0.169. The molecule has 39 heavy (non-hydrogen) atoms. The summed E-state index contributed by atoms with van der Waals surface area (Å²) in [5, 5.41) is 9.92. The lowest BCUT2D eigenvalue weighted by Gasteiger charge is -2.30. The lowest BCUT2D eigenvalue weighted by Crippen LogP contribution is -2.42. The zero-order valence-corrected chi connectivity index (χ0v) is 24.7. The Kier molecular flexibility index (Phi) is 12.1. The van der Waals surface area contributed by atoms with Crippen LogP contribution in [-0.2, 0) is 34.6 Å². The number of aliphatic carboxylic acids is 1. The Balaban J connectivity index is 1.73. The highest BCUT2D eigenvalue weighted by Gasteiger charge is 2.44. The van der Waals surface area contributed by atoms with E-state index in [-0.39, 0.29) is 30.6 Å². The van der Waals surface area contributed by atoms with E-state index in [1.807, 2.05) is 44.2 Å². The van der Waals surface area contributed by atoms with E-state index in [4.69, 9.17) is 9.26 Å². The van der Waals surface area contributed by atoms with Crippen LogP contribution in [0.5, 0.6) is 0 Å². The number of likely N-dealkylation sites (tertiary alicyclic amines) is 1. The van der Waals surface area contributed by atoms with Crippen LogP contribution in [0.4, 0.5) is 0 Å². The SMILES string of the molecule is CCC(=O)O[C@H](O[P@@](=O)(CCCCc1ccccc1)CC(=O)N1C[C@H](C2CCCCC2)C[C@H]1C(=O)O)C(C)C. The Bertz CT molecular complexity index is 992. The predicted molar refractivity (Wildman–Crippen MR) is 151 cm³/mol. The number of carboxylic acid groups (broad SMARTS) is 1. The number of ether oxygens (including phenoxy) is 1. The monoisotopic (exact) mass is 563 g/mol. The number of carbonyl (C=O) groups excluding carboxylic acids is 2. The number of esters is 1. The summed E-state index contributed by atoms with van der Waals surface area (Å²) < 4.78 is 25.7. The van der Waals surface area contributed by atoms with Crippen molar-refractivity contribution in [2.24, 2.45) is 17.8 Å². The number of hydrogen-bond donors (Lipinski definition) is 1. The number of aryl methyl sites for hydroxylation is 1. The van der Waals surface area contributed by atoms with Crippen LogP contribution in [0, 0.1) is 17.8 Å².